The molecule has 0 spiro atoms. The van der Waals surface area contributed by atoms with Crippen molar-refractivity contribution in [3.8, 4) is 5.75 Å². The number of nitrogens with two attached hydrogens (primary N) is 1. The van der Waals surface area contributed by atoms with E-state index in [1.807, 2.05) is 6.07 Å². The molecule has 1 fully saturated rings. The molecule has 9 heteroatoms. The Balaban J connectivity index is 1.65. The number of hydrogen-bond donors (Lipinski definition) is 2. The number of rotatable bonds is 7. The number of primary amides is 1. The van der Waals surface area contributed by atoms with Gasteiger partial charge in [-0.3, -0.25) is 9.69 Å². The monoisotopic (exact) mass is 469 g/mol. The van der Waals surface area contributed by atoms with Crippen LogP contribution in [0.1, 0.15) is 24.3 Å². The standard InChI is InChI=1S/C24H25ClFN5O2/c1-33-22-12-21-18(24(29-14-28-21)30-16-6-7-20(26)19(25)10-16)11-17(22)15-4-2-8-31(13-15)9-3-5-23(27)32/h3,5-7,10-12,14-15H,2,4,8-9,13H2,1H3,(H2,27,32)(H,28,29,30)/b5-3+. The van der Waals surface area contributed by atoms with E-state index in [-0.39, 0.29) is 10.9 Å². The summed E-state index contributed by atoms with van der Waals surface area (Å²) in [4.78, 5) is 22.1. The van der Waals surface area contributed by atoms with Gasteiger partial charge in [0.2, 0.25) is 5.91 Å². The summed E-state index contributed by atoms with van der Waals surface area (Å²) in [5.41, 5.74) is 7.63. The maximum absolute atomic E-state index is 13.6. The molecule has 1 aliphatic rings. The fraction of sp³-hybridized carbons (Fsp3) is 0.292. The van der Waals surface area contributed by atoms with Crippen LogP contribution in [0.25, 0.3) is 10.9 Å². The largest absolute Gasteiger partial charge is 0.496 e. The van der Waals surface area contributed by atoms with Crippen LogP contribution in [0.15, 0.2) is 48.8 Å². The lowest BCUT2D eigenvalue weighted by Gasteiger charge is -2.33. The second-order valence-corrected chi connectivity index (χ2v) is 8.40. The van der Waals surface area contributed by atoms with E-state index < -0.39 is 11.7 Å². The van der Waals surface area contributed by atoms with Crippen molar-refractivity contribution in [2.75, 3.05) is 32.1 Å². The topological polar surface area (TPSA) is 93.4 Å². The quantitative estimate of drug-likeness (QED) is 0.498. The molecule has 4 rings (SSSR count). The van der Waals surface area contributed by atoms with E-state index in [0.29, 0.717) is 18.1 Å². The minimum absolute atomic E-state index is 0.0356. The molecule has 0 radical (unpaired) electrons. The second-order valence-electron chi connectivity index (χ2n) is 7.99. The third-order valence-electron chi connectivity index (χ3n) is 5.76. The van der Waals surface area contributed by atoms with Crippen molar-refractivity contribution in [3.05, 3.63) is 65.2 Å². The molecular weight excluding hydrogens is 445 g/mol. The summed E-state index contributed by atoms with van der Waals surface area (Å²) in [5, 5.41) is 4.09. The van der Waals surface area contributed by atoms with E-state index >= 15 is 0 Å². The van der Waals surface area contributed by atoms with Crippen LogP contribution < -0.4 is 15.8 Å². The van der Waals surface area contributed by atoms with Crippen LogP contribution in [0, 0.1) is 5.82 Å². The number of amides is 1. The summed E-state index contributed by atoms with van der Waals surface area (Å²) >= 11 is 5.93. The number of ether oxygens (including phenoxy) is 1. The Morgan fingerprint density at radius 3 is 2.97 bits per heavy atom. The van der Waals surface area contributed by atoms with Crippen LogP contribution in [0.2, 0.25) is 5.02 Å². The lowest BCUT2D eigenvalue weighted by molar-refractivity contribution is -0.113. The predicted octanol–water partition coefficient (Wildman–Crippen LogP) is 4.40. The van der Waals surface area contributed by atoms with Gasteiger partial charge in [0.15, 0.2) is 0 Å². The highest BCUT2D eigenvalue weighted by molar-refractivity contribution is 6.31. The van der Waals surface area contributed by atoms with Gasteiger partial charge in [-0.2, -0.15) is 0 Å². The van der Waals surface area contributed by atoms with Crippen LogP contribution in [0.4, 0.5) is 15.9 Å². The van der Waals surface area contributed by atoms with Gasteiger partial charge in [-0.25, -0.2) is 14.4 Å². The van der Waals surface area contributed by atoms with E-state index in [0.717, 1.165) is 48.1 Å². The molecule has 2 heterocycles. The number of hydrogen-bond acceptors (Lipinski definition) is 6. The minimum atomic E-state index is -0.477. The Labute approximate surface area is 196 Å². The number of halogens is 2. The second kappa shape index (κ2) is 10.1. The Morgan fingerprint density at radius 1 is 1.36 bits per heavy atom. The molecule has 1 unspecified atom stereocenters. The van der Waals surface area contributed by atoms with Crippen molar-refractivity contribution < 1.29 is 13.9 Å². The summed E-state index contributed by atoms with van der Waals surface area (Å²) in [6.07, 6.45) is 6.72. The van der Waals surface area contributed by atoms with Crippen molar-refractivity contribution >= 4 is 39.9 Å². The number of nitrogens with zero attached hydrogens (tertiary/aromatic N) is 3. The lowest BCUT2D eigenvalue weighted by Crippen LogP contribution is -2.34. The average molecular weight is 470 g/mol. The van der Waals surface area contributed by atoms with Crippen LogP contribution in [-0.4, -0.2) is 47.5 Å². The Hall–Kier alpha value is -3.23. The zero-order valence-electron chi connectivity index (χ0n) is 18.2. The number of carbonyl (C=O) groups is 1. The van der Waals surface area contributed by atoms with Crippen LogP contribution in [-0.2, 0) is 4.79 Å². The number of benzene rings is 2. The Morgan fingerprint density at radius 2 is 2.21 bits per heavy atom. The number of piperidine rings is 1. The molecule has 2 aromatic carbocycles. The van der Waals surface area contributed by atoms with Crippen molar-refractivity contribution in [1.82, 2.24) is 14.9 Å². The molecule has 3 aromatic rings. The number of nitrogens with one attached hydrogen (secondary N) is 1. The molecule has 172 valence electrons. The molecule has 1 atom stereocenters. The third kappa shape index (κ3) is 5.40. The molecule has 1 aliphatic heterocycles. The normalized spacial score (nSPS) is 16.9. The predicted molar refractivity (Wildman–Crippen MR) is 128 cm³/mol. The van der Waals surface area contributed by atoms with E-state index in [1.165, 1.54) is 24.5 Å². The Bertz CT molecular complexity index is 1200. The van der Waals surface area contributed by atoms with Crippen molar-refractivity contribution in [3.63, 3.8) is 0 Å². The van der Waals surface area contributed by atoms with Gasteiger partial charge in [0, 0.05) is 36.1 Å². The number of carbonyl (C=O) groups excluding carboxylic acids is 1. The third-order valence-corrected chi connectivity index (χ3v) is 6.05. The number of methoxy groups -OCH3 is 1. The van der Waals surface area contributed by atoms with Gasteiger partial charge < -0.3 is 15.8 Å². The minimum Gasteiger partial charge on any atom is -0.496 e. The first-order chi connectivity index (χ1) is 15.9. The van der Waals surface area contributed by atoms with Crippen molar-refractivity contribution in [2.24, 2.45) is 5.73 Å². The fourth-order valence-electron chi connectivity index (χ4n) is 4.20. The highest BCUT2D eigenvalue weighted by atomic mass is 35.5. The molecule has 1 aromatic heterocycles. The van der Waals surface area contributed by atoms with E-state index in [9.17, 15) is 9.18 Å². The molecule has 3 N–H and O–H groups in total. The maximum atomic E-state index is 13.6. The zero-order valence-corrected chi connectivity index (χ0v) is 19.0. The van der Waals surface area contributed by atoms with Gasteiger partial charge in [0.25, 0.3) is 0 Å². The molecule has 7 nitrogen and oxygen atoms in total. The number of fused-ring (bicyclic) bond motifs is 1. The van der Waals surface area contributed by atoms with Gasteiger partial charge in [-0.05, 0) is 55.3 Å². The van der Waals surface area contributed by atoms with Crippen LogP contribution in [0.5, 0.6) is 5.75 Å². The van der Waals surface area contributed by atoms with E-state index in [1.54, 1.807) is 19.3 Å². The first-order valence-electron chi connectivity index (χ1n) is 10.7. The van der Waals surface area contributed by atoms with Gasteiger partial charge in [0.1, 0.15) is 23.7 Å². The molecule has 1 saturated heterocycles. The first kappa shape index (κ1) is 22.9. The molecule has 0 aliphatic carbocycles. The molecule has 1 amide bonds. The van der Waals surface area contributed by atoms with Crippen molar-refractivity contribution in [1.29, 1.82) is 0 Å². The van der Waals surface area contributed by atoms with Gasteiger partial charge in [-0.15, -0.1) is 0 Å². The van der Waals surface area contributed by atoms with Gasteiger partial charge >= 0.3 is 0 Å². The SMILES string of the molecule is COc1cc2ncnc(Nc3ccc(F)c(Cl)c3)c2cc1C1CCCN(C/C=C/C(N)=O)C1. The molecular formula is C24H25ClFN5O2. The summed E-state index contributed by atoms with van der Waals surface area (Å²) < 4.78 is 19.3. The van der Waals surface area contributed by atoms with Crippen LogP contribution in [0.3, 0.4) is 0 Å². The number of likely N-dealkylation sites (tertiary alicyclic amines) is 1. The lowest BCUT2D eigenvalue weighted by atomic mass is 9.89. The van der Waals surface area contributed by atoms with Crippen molar-refractivity contribution in [2.45, 2.75) is 18.8 Å². The number of anilines is 2. The van der Waals surface area contributed by atoms with Gasteiger partial charge in [0.05, 0.1) is 17.6 Å². The van der Waals surface area contributed by atoms with Crippen LogP contribution >= 0.6 is 11.6 Å². The summed E-state index contributed by atoms with van der Waals surface area (Å²) in [6.45, 7) is 2.45. The zero-order chi connectivity index (χ0) is 23.4. The maximum Gasteiger partial charge on any atom is 0.241 e. The first-order valence-corrected chi connectivity index (χ1v) is 11.1. The summed E-state index contributed by atoms with van der Waals surface area (Å²) in [6, 6.07) is 8.42. The smallest absolute Gasteiger partial charge is 0.241 e. The van der Waals surface area contributed by atoms with Gasteiger partial charge in [-0.1, -0.05) is 17.7 Å². The molecule has 33 heavy (non-hydrogen) atoms. The fourth-order valence-corrected chi connectivity index (χ4v) is 4.38. The average Bonchev–Trinajstić information content (AvgIpc) is 2.81. The summed E-state index contributed by atoms with van der Waals surface area (Å²) in [7, 11) is 1.65. The highest BCUT2D eigenvalue weighted by Gasteiger charge is 2.24. The number of aromatic nitrogens is 2. The summed E-state index contributed by atoms with van der Waals surface area (Å²) in [5.74, 6) is 0.699. The Kier molecular flexibility index (Phi) is 7.05. The molecule has 0 bridgehead atoms. The molecule has 0 saturated carbocycles. The highest BCUT2D eigenvalue weighted by Crippen LogP contribution is 2.37. The van der Waals surface area contributed by atoms with E-state index in [2.05, 4.69) is 26.3 Å². The van der Waals surface area contributed by atoms with E-state index in [4.69, 9.17) is 22.1 Å².